The lowest BCUT2D eigenvalue weighted by atomic mass is 10.0. The van der Waals surface area contributed by atoms with Gasteiger partial charge in [0.25, 0.3) is 0 Å². The van der Waals surface area contributed by atoms with Crippen LogP contribution < -0.4 is 9.62 Å². The van der Waals surface area contributed by atoms with Crippen LogP contribution in [0.4, 0.5) is 21.6 Å². The van der Waals surface area contributed by atoms with Crippen molar-refractivity contribution in [1.29, 1.82) is 0 Å². The third-order valence-corrected chi connectivity index (χ3v) is 6.23. The fourth-order valence-electron chi connectivity index (χ4n) is 3.94. The number of hydrogen-bond acceptors (Lipinski definition) is 6. The van der Waals surface area contributed by atoms with Crippen molar-refractivity contribution >= 4 is 51.6 Å². The zero-order valence-electron chi connectivity index (χ0n) is 17.0. The van der Waals surface area contributed by atoms with Gasteiger partial charge < -0.3 is 9.62 Å². The van der Waals surface area contributed by atoms with Crippen molar-refractivity contribution in [1.82, 2.24) is 15.0 Å². The van der Waals surface area contributed by atoms with Crippen LogP contribution in [-0.4, -0.2) is 27.8 Å². The van der Waals surface area contributed by atoms with Crippen LogP contribution in [0.25, 0.3) is 22.0 Å². The van der Waals surface area contributed by atoms with Crippen molar-refractivity contribution < 1.29 is 4.39 Å². The van der Waals surface area contributed by atoms with Crippen molar-refractivity contribution in [2.75, 3.05) is 22.4 Å². The molecule has 1 aliphatic heterocycles. The number of benzene rings is 2. The third kappa shape index (κ3) is 3.58. The number of nitrogens with zero attached hydrogens (tertiary/aromatic N) is 4. The quantitative estimate of drug-likeness (QED) is 0.374. The molecule has 156 valence electrons. The Labute approximate surface area is 188 Å². The van der Waals surface area contributed by atoms with E-state index in [0.717, 1.165) is 56.9 Å². The average molecular weight is 452 g/mol. The molecule has 0 saturated carbocycles. The minimum Gasteiger partial charge on any atom is -0.328 e. The van der Waals surface area contributed by atoms with Crippen molar-refractivity contribution in [3.63, 3.8) is 0 Å². The van der Waals surface area contributed by atoms with Crippen LogP contribution in [0.15, 0.2) is 48.9 Å². The van der Waals surface area contributed by atoms with E-state index in [1.165, 1.54) is 18.0 Å². The fourth-order valence-corrected chi connectivity index (χ4v) is 4.53. The maximum Gasteiger partial charge on any atom is 0.144 e. The van der Waals surface area contributed by atoms with E-state index in [4.69, 9.17) is 11.6 Å². The molecule has 0 amide bonds. The van der Waals surface area contributed by atoms with Crippen LogP contribution in [0.3, 0.4) is 0 Å². The molecule has 2 aromatic carbocycles. The Bertz CT molecular complexity index is 1310. The van der Waals surface area contributed by atoms with Crippen molar-refractivity contribution in [3.05, 3.63) is 71.0 Å². The summed E-state index contributed by atoms with van der Waals surface area (Å²) in [6.07, 6.45) is 6.16. The van der Waals surface area contributed by atoms with E-state index >= 15 is 0 Å². The SMILES string of the molecule is CSNc1cc(-c2ccc3ncnc(N4CCc5cc(F)c(Cl)cc54)c3c2)cnc1C. The van der Waals surface area contributed by atoms with E-state index in [1.807, 2.05) is 31.5 Å². The normalized spacial score (nSPS) is 13.0. The second kappa shape index (κ2) is 7.98. The van der Waals surface area contributed by atoms with Gasteiger partial charge in [0.1, 0.15) is 18.0 Å². The molecule has 0 aliphatic carbocycles. The Morgan fingerprint density at radius 1 is 1.10 bits per heavy atom. The van der Waals surface area contributed by atoms with Crippen LogP contribution >= 0.6 is 23.5 Å². The number of halogens is 2. The number of aryl methyl sites for hydroxylation is 1. The highest BCUT2D eigenvalue weighted by atomic mass is 35.5. The molecule has 0 unspecified atom stereocenters. The first-order chi connectivity index (χ1) is 15.0. The Hall–Kier alpha value is -2.90. The maximum absolute atomic E-state index is 13.9. The first kappa shape index (κ1) is 20.0. The summed E-state index contributed by atoms with van der Waals surface area (Å²) in [5.41, 5.74) is 6.63. The van der Waals surface area contributed by atoms with Crippen molar-refractivity contribution in [2.45, 2.75) is 13.3 Å². The van der Waals surface area contributed by atoms with E-state index in [1.54, 1.807) is 12.4 Å². The molecule has 0 atom stereocenters. The lowest BCUT2D eigenvalue weighted by Crippen LogP contribution is -2.15. The summed E-state index contributed by atoms with van der Waals surface area (Å²) in [7, 11) is 0. The fraction of sp³-hybridized carbons (Fsp3) is 0.174. The molecular formula is C23H19ClFN5S. The highest BCUT2D eigenvalue weighted by Crippen LogP contribution is 2.39. The van der Waals surface area contributed by atoms with Gasteiger partial charge in [0.05, 0.1) is 21.9 Å². The van der Waals surface area contributed by atoms with Gasteiger partial charge in [0, 0.05) is 35.6 Å². The van der Waals surface area contributed by atoms with Gasteiger partial charge in [-0.25, -0.2) is 14.4 Å². The van der Waals surface area contributed by atoms with Crippen molar-refractivity contribution in [2.24, 2.45) is 0 Å². The van der Waals surface area contributed by atoms with Gasteiger partial charge in [-0.3, -0.25) is 4.98 Å². The first-order valence-electron chi connectivity index (χ1n) is 9.81. The molecule has 2 aromatic heterocycles. The van der Waals surface area contributed by atoms with Gasteiger partial charge in [0.15, 0.2) is 0 Å². The van der Waals surface area contributed by atoms with Gasteiger partial charge in [-0.1, -0.05) is 29.6 Å². The molecule has 1 N–H and O–H groups in total. The minimum absolute atomic E-state index is 0.115. The van der Waals surface area contributed by atoms with Gasteiger partial charge >= 0.3 is 0 Å². The Morgan fingerprint density at radius 2 is 1.97 bits per heavy atom. The number of anilines is 3. The largest absolute Gasteiger partial charge is 0.328 e. The highest BCUT2D eigenvalue weighted by Gasteiger charge is 2.25. The topological polar surface area (TPSA) is 53.9 Å². The second-order valence-corrected chi connectivity index (χ2v) is 8.41. The van der Waals surface area contributed by atoms with E-state index < -0.39 is 5.82 Å². The summed E-state index contributed by atoms with van der Waals surface area (Å²) in [6, 6.07) is 11.4. The van der Waals surface area contributed by atoms with E-state index in [-0.39, 0.29) is 5.02 Å². The van der Waals surface area contributed by atoms with Gasteiger partial charge in [-0.05, 0) is 54.8 Å². The molecule has 0 radical (unpaired) electrons. The molecule has 8 heteroatoms. The molecule has 5 rings (SSSR count). The van der Waals surface area contributed by atoms with Crippen LogP contribution in [-0.2, 0) is 6.42 Å². The van der Waals surface area contributed by atoms with Crippen LogP contribution in [0, 0.1) is 12.7 Å². The van der Waals surface area contributed by atoms with Crippen LogP contribution in [0.5, 0.6) is 0 Å². The minimum atomic E-state index is -0.390. The zero-order chi connectivity index (χ0) is 21.5. The molecule has 0 saturated heterocycles. The van der Waals surface area contributed by atoms with Crippen LogP contribution in [0.2, 0.25) is 5.02 Å². The average Bonchev–Trinajstić information content (AvgIpc) is 3.17. The number of rotatable bonds is 4. The predicted octanol–water partition coefficient (Wildman–Crippen LogP) is 6.18. The Kier molecular flexibility index (Phi) is 5.16. The zero-order valence-corrected chi connectivity index (χ0v) is 18.6. The summed E-state index contributed by atoms with van der Waals surface area (Å²) in [4.78, 5) is 15.6. The third-order valence-electron chi connectivity index (χ3n) is 5.52. The number of fused-ring (bicyclic) bond motifs is 2. The van der Waals surface area contributed by atoms with E-state index in [2.05, 4.69) is 36.7 Å². The summed E-state index contributed by atoms with van der Waals surface area (Å²) >= 11 is 7.61. The highest BCUT2D eigenvalue weighted by molar-refractivity contribution is 7.99. The first-order valence-corrected chi connectivity index (χ1v) is 11.4. The number of pyridine rings is 1. The standard InChI is InChI=1S/C23H19ClFN5S/c1-13-21(29-31-2)9-16(11-26-13)14-3-4-20-17(7-14)23(28-12-27-20)30-6-5-15-8-19(25)18(24)10-22(15)30/h3-4,7-12,29H,5-6H2,1-2H3. The van der Waals surface area contributed by atoms with E-state index in [0.29, 0.717) is 6.54 Å². The molecule has 0 fully saturated rings. The summed E-state index contributed by atoms with van der Waals surface area (Å²) in [6.45, 7) is 2.69. The predicted molar refractivity (Wildman–Crippen MR) is 127 cm³/mol. The smallest absolute Gasteiger partial charge is 0.144 e. The Morgan fingerprint density at radius 3 is 2.81 bits per heavy atom. The van der Waals surface area contributed by atoms with Crippen LogP contribution in [0.1, 0.15) is 11.3 Å². The van der Waals surface area contributed by atoms with E-state index in [9.17, 15) is 4.39 Å². The molecule has 3 heterocycles. The second-order valence-electron chi connectivity index (χ2n) is 7.39. The monoisotopic (exact) mass is 451 g/mol. The van der Waals surface area contributed by atoms with Gasteiger partial charge in [-0.2, -0.15) is 0 Å². The summed E-state index contributed by atoms with van der Waals surface area (Å²) < 4.78 is 17.2. The lowest BCUT2D eigenvalue weighted by molar-refractivity contribution is 0.627. The number of hydrogen-bond donors (Lipinski definition) is 1. The lowest BCUT2D eigenvalue weighted by Gasteiger charge is -2.20. The molecule has 1 aliphatic rings. The Balaban J connectivity index is 1.63. The number of nitrogens with one attached hydrogen (secondary N) is 1. The number of aromatic nitrogens is 3. The molecule has 0 spiro atoms. The molecular weight excluding hydrogens is 433 g/mol. The summed E-state index contributed by atoms with van der Waals surface area (Å²) in [5, 5.41) is 1.04. The van der Waals surface area contributed by atoms with Gasteiger partial charge in [0.2, 0.25) is 0 Å². The van der Waals surface area contributed by atoms with Crippen molar-refractivity contribution in [3.8, 4) is 11.1 Å². The maximum atomic E-state index is 13.9. The van der Waals surface area contributed by atoms with Gasteiger partial charge in [-0.15, -0.1) is 0 Å². The molecule has 5 nitrogen and oxygen atoms in total. The summed E-state index contributed by atoms with van der Waals surface area (Å²) in [5.74, 6) is 0.398. The molecule has 4 aromatic rings. The molecule has 31 heavy (non-hydrogen) atoms. The molecule has 0 bridgehead atoms.